The molecule has 2 fully saturated rings. The molecule has 3 heteroatoms. The highest BCUT2D eigenvalue weighted by Gasteiger charge is 2.18. The third-order valence-corrected chi connectivity index (χ3v) is 4.59. The summed E-state index contributed by atoms with van der Waals surface area (Å²) in [4.78, 5) is 4.85. The van der Waals surface area contributed by atoms with Gasteiger partial charge in [0.1, 0.15) is 0 Å². The molecule has 0 spiro atoms. The Morgan fingerprint density at radius 1 is 1.14 bits per heavy atom. The van der Waals surface area contributed by atoms with Crippen LogP contribution in [-0.2, 0) is 0 Å². The van der Waals surface area contributed by atoms with Gasteiger partial charge in [0.2, 0.25) is 0 Å². The van der Waals surface area contributed by atoms with E-state index in [1.807, 2.05) is 0 Å². The Balaban J connectivity index is 1.56. The molecule has 2 aliphatic rings. The molecule has 2 aliphatic heterocycles. The third kappa shape index (κ3) is 3.71. The molecule has 0 unspecified atom stereocenters. The molecule has 3 rings (SSSR count). The Morgan fingerprint density at radius 3 is 2.62 bits per heavy atom. The summed E-state index contributed by atoms with van der Waals surface area (Å²) in [5.41, 5.74) is 2.62. The van der Waals surface area contributed by atoms with E-state index in [0.29, 0.717) is 6.04 Å². The Morgan fingerprint density at radius 2 is 1.90 bits per heavy atom. The molecule has 0 aliphatic carbocycles. The van der Waals surface area contributed by atoms with Crippen LogP contribution in [0, 0.1) is 12.3 Å². The van der Waals surface area contributed by atoms with Crippen LogP contribution in [0.3, 0.4) is 0 Å². The molecule has 21 heavy (non-hydrogen) atoms. The van der Waals surface area contributed by atoms with Crippen LogP contribution in [0.25, 0.3) is 0 Å². The molecule has 1 N–H and O–H groups in total. The van der Waals surface area contributed by atoms with E-state index in [0.717, 1.165) is 19.6 Å². The number of nitrogens with zero attached hydrogens (tertiary/aromatic N) is 2. The first kappa shape index (κ1) is 14.3. The van der Waals surface area contributed by atoms with Crippen LogP contribution in [0.2, 0.25) is 0 Å². The van der Waals surface area contributed by atoms with E-state index < -0.39 is 0 Å². The molecular formula is C18H25N3. The van der Waals surface area contributed by atoms with E-state index in [1.54, 1.807) is 0 Å². The number of nitrogens with one attached hydrogen (secondary N) is 1. The zero-order valence-corrected chi connectivity index (χ0v) is 12.7. The minimum Gasteiger partial charge on any atom is -0.382 e. The van der Waals surface area contributed by atoms with Gasteiger partial charge in [0, 0.05) is 43.6 Å². The summed E-state index contributed by atoms with van der Waals surface area (Å²) >= 11 is 0. The van der Waals surface area contributed by atoms with Gasteiger partial charge in [-0.05, 0) is 43.9 Å². The summed E-state index contributed by atoms with van der Waals surface area (Å²) in [6.07, 6.45) is 10.4. The van der Waals surface area contributed by atoms with Crippen LogP contribution < -0.4 is 10.2 Å². The lowest BCUT2D eigenvalue weighted by Gasteiger charge is -2.31. The van der Waals surface area contributed by atoms with E-state index in [2.05, 4.69) is 45.3 Å². The summed E-state index contributed by atoms with van der Waals surface area (Å²) in [5, 5.41) is 3.70. The van der Waals surface area contributed by atoms with Crippen molar-refractivity contribution >= 4 is 11.4 Å². The number of anilines is 2. The molecule has 1 aromatic rings. The Kier molecular flexibility index (Phi) is 4.67. The third-order valence-electron chi connectivity index (χ3n) is 4.59. The van der Waals surface area contributed by atoms with Crippen molar-refractivity contribution in [2.45, 2.75) is 31.7 Å². The average molecular weight is 283 g/mol. The first-order chi connectivity index (χ1) is 10.3. The zero-order valence-electron chi connectivity index (χ0n) is 12.7. The molecule has 0 amide bonds. The van der Waals surface area contributed by atoms with Gasteiger partial charge in [-0.25, -0.2) is 0 Å². The number of likely N-dealkylation sites (tertiary alicyclic amines) is 1. The van der Waals surface area contributed by atoms with Crippen LogP contribution in [0.4, 0.5) is 11.4 Å². The molecular weight excluding hydrogens is 258 g/mol. The van der Waals surface area contributed by atoms with Crippen LogP contribution in [0.1, 0.15) is 25.7 Å². The monoisotopic (exact) mass is 283 g/mol. The maximum Gasteiger partial charge on any atom is 0.0598 e. The number of piperidine rings is 1. The van der Waals surface area contributed by atoms with Gasteiger partial charge in [-0.2, -0.15) is 0 Å². The summed E-state index contributed by atoms with van der Waals surface area (Å²) in [6, 6.07) is 9.47. The lowest BCUT2D eigenvalue weighted by atomic mass is 10.0. The number of rotatable bonds is 4. The summed E-state index contributed by atoms with van der Waals surface area (Å²) in [7, 11) is 0. The molecule has 0 radical (unpaired) electrons. The fourth-order valence-electron chi connectivity index (χ4n) is 3.37. The number of benzene rings is 1. The van der Waals surface area contributed by atoms with Crippen LogP contribution >= 0.6 is 0 Å². The van der Waals surface area contributed by atoms with Gasteiger partial charge in [0.25, 0.3) is 0 Å². The van der Waals surface area contributed by atoms with E-state index in [4.69, 9.17) is 6.42 Å². The van der Waals surface area contributed by atoms with Crippen molar-refractivity contribution in [3.05, 3.63) is 24.3 Å². The molecule has 112 valence electrons. The van der Waals surface area contributed by atoms with Gasteiger partial charge in [0.05, 0.1) is 6.54 Å². The molecule has 0 saturated carbocycles. The Hall–Kier alpha value is -1.66. The van der Waals surface area contributed by atoms with Crippen molar-refractivity contribution in [1.29, 1.82) is 0 Å². The van der Waals surface area contributed by atoms with Crippen molar-refractivity contribution < 1.29 is 0 Å². The maximum absolute atomic E-state index is 5.38. The Labute approximate surface area is 128 Å². The summed E-state index contributed by atoms with van der Waals surface area (Å²) in [5.74, 6) is 2.74. The second-order valence-electron chi connectivity index (χ2n) is 6.14. The fraction of sp³-hybridized carbons (Fsp3) is 0.556. The molecule has 2 heterocycles. The quantitative estimate of drug-likeness (QED) is 0.857. The SMILES string of the molecule is C#CCN1CCC(Nc2cccc(N3CCCC3)c2)CC1. The maximum atomic E-state index is 5.38. The second kappa shape index (κ2) is 6.87. The van der Waals surface area contributed by atoms with Gasteiger partial charge in [-0.3, -0.25) is 4.90 Å². The highest BCUT2D eigenvalue weighted by Crippen LogP contribution is 2.24. The zero-order chi connectivity index (χ0) is 14.5. The average Bonchev–Trinajstić information content (AvgIpc) is 3.04. The highest BCUT2D eigenvalue weighted by atomic mass is 15.1. The highest BCUT2D eigenvalue weighted by molar-refractivity contribution is 5.58. The van der Waals surface area contributed by atoms with Crippen LogP contribution in [0.5, 0.6) is 0 Å². The smallest absolute Gasteiger partial charge is 0.0598 e. The van der Waals surface area contributed by atoms with Crippen molar-refractivity contribution in [3.63, 3.8) is 0 Å². The standard InChI is InChI=1S/C18H25N3/c1-2-10-20-13-8-16(9-14-20)19-17-6-5-7-18(15-17)21-11-3-4-12-21/h1,5-7,15-16,19H,3-4,8-14H2. The van der Waals surface area contributed by atoms with Gasteiger partial charge in [0.15, 0.2) is 0 Å². The summed E-state index contributed by atoms with van der Waals surface area (Å²) in [6.45, 7) is 5.40. The largest absolute Gasteiger partial charge is 0.382 e. The Bertz CT molecular complexity index is 491. The van der Waals surface area contributed by atoms with Crippen LogP contribution in [-0.4, -0.2) is 43.7 Å². The molecule has 1 aromatic carbocycles. The van der Waals surface area contributed by atoms with Crippen LogP contribution in [0.15, 0.2) is 24.3 Å². The first-order valence-corrected chi connectivity index (χ1v) is 8.12. The van der Waals surface area contributed by atoms with E-state index in [-0.39, 0.29) is 0 Å². The molecule has 0 atom stereocenters. The van der Waals surface area contributed by atoms with Crippen molar-refractivity contribution in [2.75, 3.05) is 42.9 Å². The lowest BCUT2D eigenvalue weighted by Crippen LogP contribution is -2.39. The van der Waals surface area contributed by atoms with E-state index >= 15 is 0 Å². The molecule has 3 nitrogen and oxygen atoms in total. The number of hydrogen-bond donors (Lipinski definition) is 1. The van der Waals surface area contributed by atoms with Crippen molar-refractivity contribution in [3.8, 4) is 12.3 Å². The minimum absolute atomic E-state index is 0.577. The normalized spacial score (nSPS) is 20.4. The minimum atomic E-state index is 0.577. The molecule has 0 bridgehead atoms. The van der Waals surface area contributed by atoms with Gasteiger partial charge in [-0.15, -0.1) is 6.42 Å². The van der Waals surface area contributed by atoms with E-state index in [1.165, 1.54) is 50.1 Å². The fourth-order valence-corrected chi connectivity index (χ4v) is 3.37. The predicted octanol–water partition coefficient (Wildman–Crippen LogP) is 2.80. The van der Waals surface area contributed by atoms with Gasteiger partial charge >= 0.3 is 0 Å². The molecule has 2 saturated heterocycles. The first-order valence-electron chi connectivity index (χ1n) is 8.12. The predicted molar refractivity (Wildman–Crippen MR) is 89.8 cm³/mol. The van der Waals surface area contributed by atoms with Crippen molar-refractivity contribution in [2.24, 2.45) is 0 Å². The van der Waals surface area contributed by atoms with Gasteiger partial charge in [-0.1, -0.05) is 12.0 Å². The van der Waals surface area contributed by atoms with Crippen molar-refractivity contribution in [1.82, 2.24) is 4.90 Å². The van der Waals surface area contributed by atoms with Gasteiger partial charge < -0.3 is 10.2 Å². The summed E-state index contributed by atoms with van der Waals surface area (Å²) < 4.78 is 0. The topological polar surface area (TPSA) is 18.5 Å². The number of hydrogen-bond acceptors (Lipinski definition) is 3. The molecule has 0 aromatic heterocycles. The van der Waals surface area contributed by atoms with E-state index in [9.17, 15) is 0 Å². The lowest BCUT2D eigenvalue weighted by molar-refractivity contribution is 0.243. The second-order valence-corrected chi connectivity index (χ2v) is 6.14. The number of terminal acetylenes is 1.